The van der Waals surface area contributed by atoms with Crippen molar-refractivity contribution in [1.29, 1.82) is 0 Å². The van der Waals surface area contributed by atoms with Crippen molar-refractivity contribution < 1.29 is 13.7 Å². The van der Waals surface area contributed by atoms with Gasteiger partial charge >= 0.3 is 0 Å². The largest absolute Gasteiger partial charge is 0.497 e. The third kappa shape index (κ3) is 4.45. The minimum absolute atomic E-state index is 0.0941. The van der Waals surface area contributed by atoms with Crippen molar-refractivity contribution >= 4 is 16.7 Å². The normalized spacial score (nSPS) is 13.4. The maximum atomic E-state index is 12.5. The van der Waals surface area contributed by atoms with Gasteiger partial charge in [0.25, 0.3) is 5.91 Å². The summed E-state index contributed by atoms with van der Waals surface area (Å²) >= 11 is 0. The zero-order valence-electron chi connectivity index (χ0n) is 14.4. The number of carbonyl (C=O) groups is 1. The lowest BCUT2D eigenvalue weighted by molar-refractivity contribution is 0.0925. The molecule has 0 aliphatic heterocycles. The van der Waals surface area contributed by atoms with Crippen LogP contribution in [0.15, 0.2) is 53.4 Å². The van der Waals surface area contributed by atoms with E-state index in [1.165, 1.54) is 0 Å². The van der Waals surface area contributed by atoms with E-state index in [9.17, 15) is 9.00 Å². The molecule has 0 fully saturated rings. The first-order chi connectivity index (χ1) is 11.4. The van der Waals surface area contributed by atoms with Crippen LogP contribution in [0.3, 0.4) is 0 Å². The summed E-state index contributed by atoms with van der Waals surface area (Å²) in [7, 11) is 0.584. The molecule has 0 heterocycles. The van der Waals surface area contributed by atoms with E-state index < -0.39 is 10.8 Å². The number of amides is 1. The van der Waals surface area contributed by atoms with Gasteiger partial charge in [0.05, 0.1) is 13.2 Å². The van der Waals surface area contributed by atoms with E-state index in [0.717, 1.165) is 11.3 Å². The summed E-state index contributed by atoms with van der Waals surface area (Å²) < 4.78 is 16.6. The molecule has 24 heavy (non-hydrogen) atoms. The number of hydrogen-bond donors (Lipinski definition) is 1. The lowest BCUT2D eigenvalue weighted by atomic mass is 9.95. The van der Waals surface area contributed by atoms with Crippen LogP contribution in [-0.2, 0) is 10.8 Å². The molecule has 0 aliphatic carbocycles. The molecule has 2 rings (SSSR count). The van der Waals surface area contributed by atoms with Crippen LogP contribution in [0.5, 0.6) is 5.75 Å². The third-order valence-electron chi connectivity index (χ3n) is 3.88. The summed E-state index contributed by atoms with van der Waals surface area (Å²) in [5, 5.41) is 3.08. The Hall–Kier alpha value is -2.14. The van der Waals surface area contributed by atoms with Crippen LogP contribution in [0.25, 0.3) is 0 Å². The van der Waals surface area contributed by atoms with Crippen molar-refractivity contribution in [2.24, 2.45) is 5.92 Å². The van der Waals surface area contributed by atoms with E-state index in [1.807, 2.05) is 24.3 Å². The van der Waals surface area contributed by atoms with E-state index in [1.54, 1.807) is 37.6 Å². The first-order valence-corrected chi connectivity index (χ1v) is 9.36. The first kappa shape index (κ1) is 18.2. The Labute approximate surface area is 145 Å². The molecule has 2 aromatic carbocycles. The minimum Gasteiger partial charge on any atom is -0.497 e. The van der Waals surface area contributed by atoms with Gasteiger partial charge in [-0.05, 0) is 47.9 Å². The maximum Gasteiger partial charge on any atom is 0.251 e. The summed E-state index contributed by atoms with van der Waals surface area (Å²) in [5.74, 6) is 0.887. The smallest absolute Gasteiger partial charge is 0.251 e. The molecule has 0 radical (unpaired) electrons. The molecule has 128 valence electrons. The quantitative estimate of drug-likeness (QED) is 0.871. The van der Waals surface area contributed by atoms with Gasteiger partial charge in [0.2, 0.25) is 0 Å². The summed E-state index contributed by atoms with van der Waals surface area (Å²) in [4.78, 5) is 13.2. The molecule has 2 aromatic rings. The number of benzene rings is 2. The van der Waals surface area contributed by atoms with E-state index >= 15 is 0 Å². The van der Waals surface area contributed by atoms with Crippen LogP contribution in [0.1, 0.15) is 35.8 Å². The topological polar surface area (TPSA) is 55.4 Å². The van der Waals surface area contributed by atoms with Crippen molar-refractivity contribution in [1.82, 2.24) is 5.32 Å². The highest BCUT2D eigenvalue weighted by Crippen LogP contribution is 2.24. The summed E-state index contributed by atoms with van der Waals surface area (Å²) in [6.45, 7) is 4.14. The van der Waals surface area contributed by atoms with Gasteiger partial charge in [-0.25, -0.2) is 0 Å². The molecule has 0 aliphatic rings. The molecule has 2 unspecified atom stereocenters. The number of methoxy groups -OCH3 is 1. The highest BCUT2D eigenvalue weighted by molar-refractivity contribution is 7.84. The molecule has 0 saturated heterocycles. The Bertz CT molecular complexity index is 708. The minimum atomic E-state index is -1.05. The van der Waals surface area contributed by atoms with Crippen LogP contribution >= 0.6 is 0 Å². The number of rotatable bonds is 6. The monoisotopic (exact) mass is 345 g/mol. The standard InChI is InChI=1S/C19H23NO3S/c1-13(2)18(14-5-9-16(23-3)10-6-14)20-19(21)15-7-11-17(12-8-15)24(4)22/h5-13,18H,1-4H3,(H,20,21). The van der Waals surface area contributed by atoms with Gasteiger partial charge in [-0.3, -0.25) is 9.00 Å². The fraction of sp³-hybridized carbons (Fsp3) is 0.316. The molecule has 0 spiro atoms. The molecule has 0 saturated carbocycles. The Balaban J connectivity index is 2.17. The van der Waals surface area contributed by atoms with Gasteiger partial charge in [-0.15, -0.1) is 0 Å². The number of nitrogens with one attached hydrogen (secondary N) is 1. The van der Waals surface area contributed by atoms with E-state index in [-0.39, 0.29) is 17.9 Å². The van der Waals surface area contributed by atoms with Gasteiger partial charge in [0.1, 0.15) is 5.75 Å². The average molecular weight is 345 g/mol. The van der Waals surface area contributed by atoms with Gasteiger partial charge < -0.3 is 10.1 Å². The number of carbonyl (C=O) groups excluding carboxylic acids is 1. The van der Waals surface area contributed by atoms with E-state index in [2.05, 4.69) is 19.2 Å². The molecule has 1 N–H and O–H groups in total. The zero-order valence-corrected chi connectivity index (χ0v) is 15.2. The fourth-order valence-electron chi connectivity index (χ4n) is 2.47. The third-order valence-corrected chi connectivity index (χ3v) is 4.81. The highest BCUT2D eigenvalue weighted by atomic mass is 32.2. The Kier molecular flexibility index (Phi) is 6.15. The number of hydrogen-bond acceptors (Lipinski definition) is 3. The molecule has 0 bridgehead atoms. The Morgan fingerprint density at radius 3 is 2.08 bits per heavy atom. The second-order valence-electron chi connectivity index (χ2n) is 5.95. The molecule has 0 aromatic heterocycles. The van der Waals surface area contributed by atoms with Crippen LogP contribution < -0.4 is 10.1 Å². The summed E-state index contributed by atoms with van der Waals surface area (Å²) in [5.41, 5.74) is 1.59. The second-order valence-corrected chi connectivity index (χ2v) is 7.33. The van der Waals surface area contributed by atoms with Crippen molar-refractivity contribution in [3.8, 4) is 5.75 Å². The number of ether oxygens (including phenoxy) is 1. The Morgan fingerprint density at radius 1 is 1.04 bits per heavy atom. The first-order valence-electron chi connectivity index (χ1n) is 7.80. The summed E-state index contributed by atoms with van der Waals surface area (Å²) in [6.07, 6.45) is 1.62. The van der Waals surface area contributed by atoms with E-state index in [4.69, 9.17) is 4.74 Å². The van der Waals surface area contributed by atoms with E-state index in [0.29, 0.717) is 10.5 Å². The average Bonchev–Trinajstić information content (AvgIpc) is 2.59. The van der Waals surface area contributed by atoms with Crippen LogP contribution in [-0.4, -0.2) is 23.5 Å². The van der Waals surface area contributed by atoms with Crippen molar-refractivity contribution in [3.63, 3.8) is 0 Å². The molecule has 5 heteroatoms. The van der Waals surface area contributed by atoms with Crippen LogP contribution in [0.4, 0.5) is 0 Å². The highest BCUT2D eigenvalue weighted by Gasteiger charge is 2.19. The molecule has 4 nitrogen and oxygen atoms in total. The SMILES string of the molecule is COc1ccc(C(NC(=O)c2ccc(S(C)=O)cc2)C(C)C)cc1. The lowest BCUT2D eigenvalue weighted by Gasteiger charge is -2.23. The van der Waals surface area contributed by atoms with Crippen molar-refractivity contribution in [2.75, 3.05) is 13.4 Å². The molecular formula is C19H23NO3S. The van der Waals surface area contributed by atoms with Crippen LogP contribution in [0, 0.1) is 5.92 Å². The predicted molar refractivity (Wildman–Crippen MR) is 96.8 cm³/mol. The summed E-state index contributed by atoms with van der Waals surface area (Å²) in [6, 6.07) is 14.5. The van der Waals surface area contributed by atoms with Gasteiger partial charge in [0.15, 0.2) is 0 Å². The molecule has 2 atom stereocenters. The van der Waals surface area contributed by atoms with Gasteiger partial charge in [0, 0.05) is 27.5 Å². The fourth-order valence-corrected chi connectivity index (χ4v) is 2.99. The van der Waals surface area contributed by atoms with Crippen LogP contribution in [0.2, 0.25) is 0 Å². The molecular weight excluding hydrogens is 322 g/mol. The Morgan fingerprint density at radius 2 is 1.62 bits per heavy atom. The predicted octanol–water partition coefficient (Wildman–Crippen LogP) is 3.56. The maximum absolute atomic E-state index is 12.5. The molecule has 1 amide bonds. The van der Waals surface area contributed by atoms with Crippen molar-refractivity contribution in [3.05, 3.63) is 59.7 Å². The second kappa shape index (κ2) is 8.11. The zero-order chi connectivity index (χ0) is 17.7. The van der Waals surface area contributed by atoms with Crippen molar-refractivity contribution in [2.45, 2.75) is 24.8 Å². The van der Waals surface area contributed by atoms with Gasteiger partial charge in [-0.2, -0.15) is 0 Å². The lowest BCUT2D eigenvalue weighted by Crippen LogP contribution is -2.31. The van der Waals surface area contributed by atoms with Gasteiger partial charge in [-0.1, -0.05) is 26.0 Å².